The fourth-order valence-corrected chi connectivity index (χ4v) is 2.57. The Morgan fingerprint density at radius 1 is 1.04 bits per heavy atom. The van der Waals surface area contributed by atoms with Crippen molar-refractivity contribution in [2.45, 2.75) is 0 Å². The molecule has 4 aromatic rings. The molecule has 0 saturated heterocycles. The third-order valence-electron chi connectivity index (χ3n) is 3.87. The van der Waals surface area contributed by atoms with Gasteiger partial charge < -0.3 is 10.1 Å². The molecule has 26 heavy (non-hydrogen) atoms. The average molecular weight is 353 g/mol. The summed E-state index contributed by atoms with van der Waals surface area (Å²) >= 11 is 0. The van der Waals surface area contributed by atoms with Gasteiger partial charge in [-0.25, -0.2) is 23.4 Å². The molecule has 0 amide bonds. The van der Waals surface area contributed by atoms with Gasteiger partial charge in [-0.05, 0) is 36.4 Å². The third-order valence-corrected chi connectivity index (χ3v) is 3.87. The lowest BCUT2D eigenvalue weighted by Crippen LogP contribution is -2.00. The van der Waals surface area contributed by atoms with E-state index in [1.54, 1.807) is 18.0 Å². The number of nitrogens with zero attached hydrogens (tertiary/aromatic N) is 4. The molecule has 0 spiro atoms. The van der Waals surface area contributed by atoms with Crippen LogP contribution in [0.2, 0.25) is 0 Å². The van der Waals surface area contributed by atoms with Crippen molar-refractivity contribution in [3.05, 3.63) is 66.6 Å². The van der Waals surface area contributed by atoms with Crippen LogP contribution < -0.4 is 10.1 Å². The van der Waals surface area contributed by atoms with Gasteiger partial charge in [0.15, 0.2) is 5.65 Å². The van der Waals surface area contributed by atoms with Crippen LogP contribution in [-0.2, 0) is 0 Å². The van der Waals surface area contributed by atoms with E-state index >= 15 is 0 Å². The maximum atomic E-state index is 13.9. The summed E-state index contributed by atoms with van der Waals surface area (Å²) in [4.78, 5) is 8.41. The minimum atomic E-state index is -0.709. The maximum absolute atomic E-state index is 13.9. The molecule has 0 bridgehead atoms. The molecule has 130 valence electrons. The quantitative estimate of drug-likeness (QED) is 0.604. The Kier molecular flexibility index (Phi) is 3.92. The van der Waals surface area contributed by atoms with E-state index in [-0.39, 0.29) is 5.69 Å². The van der Waals surface area contributed by atoms with Crippen molar-refractivity contribution in [3.63, 3.8) is 0 Å². The molecule has 4 rings (SSSR count). The molecule has 0 aliphatic carbocycles. The van der Waals surface area contributed by atoms with Crippen molar-refractivity contribution in [2.75, 3.05) is 12.4 Å². The first-order valence-electron chi connectivity index (χ1n) is 7.71. The second kappa shape index (κ2) is 6.40. The van der Waals surface area contributed by atoms with Crippen molar-refractivity contribution >= 4 is 22.5 Å². The number of benzene rings is 2. The Labute approximate surface area is 147 Å². The van der Waals surface area contributed by atoms with Crippen LogP contribution in [0.1, 0.15) is 0 Å². The third kappa shape index (κ3) is 2.81. The Balaban J connectivity index is 1.74. The molecule has 0 radical (unpaired) electrons. The van der Waals surface area contributed by atoms with Crippen LogP contribution in [0, 0.1) is 11.6 Å². The summed E-state index contributed by atoms with van der Waals surface area (Å²) in [5, 5.41) is 7.80. The molecule has 6 nitrogen and oxygen atoms in total. The zero-order valence-corrected chi connectivity index (χ0v) is 13.6. The van der Waals surface area contributed by atoms with Gasteiger partial charge in [-0.3, -0.25) is 0 Å². The van der Waals surface area contributed by atoms with Crippen LogP contribution in [-0.4, -0.2) is 26.9 Å². The zero-order chi connectivity index (χ0) is 18.1. The molecule has 0 atom stereocenters. The molecule has 2 aromatic carbocycles. The van der Waals surface area contributed by atoms with Gasteiger partial charge in [-0.2, -0.15) is 5.10 Å². The molecule has 2 aromatic heterocycles. The van der Waals surface area contributed by atoms with Crippen LogP contribution in [0.4, 0.5) is 20.3 Å². The number of fused-ring (bicyclic) bond motifs is 1. The minimum absolute atomic E-state index is 0.114. The minimum Gasteiger partial charge on any atom is -0.497 e. The summed E-state index contributed by atoms with van der Waals surface area (Å²) in [5.41, 5.74) is 1.46. The molecule has 8 heteroatoms. The van der Waals surface area contributed by atoms with Crippen LogP contribution in [0.5, 0.6) is 5.75 Å². The fraction of sp³-hybridized carbons (Fsp3) is 0.0556. The van der Waals surface area contributed by atoms with Gasteiger partial charge in [0.05, 0.1) is 30.1 Å². The van der Waals surface area contributed by atoms with E-state index in [1.165, 1.54) is 18.5 Å². The topological polar surface area (TPSA) is 64.9 Å². The van der Waals surface area contributed by atoms with E-state index in [4.69, 9.17) is 4.74 Å². The second-order valence-corrected chi connectivity index (χ2v) is 5.46. The summed E-state index contributed by atoms with van der Waals surface area (Å²) in [7, 11) is 1.60. The molecule has 2 heterocycles. The number of hydrogen-bond donors (Lipinski definition) is 1. The van der Waals surface area contributed by atoms with E-state index in [2.05, 4.69) is 20.4 Å². The number of hydrogen-bond acceptors (Lipinski definition) is 5. The summed E-state index contributed by atoms with van der Waals surface area (Å²) in [6, 6.07) is 10.6. The Bertz CT molecular complexity index is 1080. The largest absolute Gasteiger partial charge is 0.497 e. The molecule has 0 unspecified atom stereocenters. The highest BCUT2D eigenvalue weighted by molar-refractivity contribution is 5.89. The summed E-state index contributed by atoms with van der Waals surface area (Å²) in [5.74, 6) is -0.248. The van der Waals surface area contributed by atoms with Crippen molar-refractivity contribution in [1.29, 1.82) is 0 Å². The average Bonchev–Trinajstić information content (AvgIpc) is 3.09. The summed E-state index contributed by atoms with van der Waals surface area (Å²) in [6.07, 6.45) is 2.94. The van der Waals surface area contributed by atoms with Crippen molar-refractivity contribution < 1.29 is 13.5 Å². The highest BCUT2D eigenvalue weighted by atomic mass is 19.1. The Morgan fingerprint density at radius 2 is 1.85 bits per heavy atom. The highest BCUT2D eigenvalue weighted by Crippen LogP contribution is 2.26. The molecular formula is C18H13F2N5O. The number of aromatic nitrogens is 4. The first-order valence-corrected chi connectivity index (χ1v) is 7.71. The Hall–Kier alpha value is -3.55. The molecule has 1 N–H and O–H groups in total. The molecule has 0 saturated carbocycles. The lowest BCUT2D eigenvalue weighted by molar-refractivity contribution is 0.414. The monoisotopic (exact) mass is 353 g/mol. The van der Waals surface area contributed by atoms with Gasteiger partial charge in [0.25, 0.3) is 0 Å². The SMILES string of the molecule is COc1ccc(-n2ncc3c(Nc4ccc(F)cc4F)ncnc32)cc1. The summed E-state index contributed by atoms with van der Waals surface area (Å²) < 4.78 is 33.8. The predicted octanol–water partition coefficient (Wildman–Crippen LogP) is 3.85. The summed E-state index contributed by atoms with van der Waals surface area (Å²) in [6.45, 7) is 0. The standard InChI is InChI=1S/C18H13F2N5O/c1-26-13-5-3-12(4-6-13)25-18-14(9-23-25)17(21-10-22-18)24-16-7-2-11(19)8-15(16)20/h2-10H,1H3,(H,21,22,24). The highest BCUT2D eigenvalue weighted by Gasteiger charge is 2.13. The lowest BCUT2D eigenvalue weighted by atomic mass is 10.3. The first-order chi connectivity index (χ1) is 12.7. The number of rotatable bonds is 4. The second-order valence-electron chi connectivity index (χ2n) is 5.46. The number of halogens is 2. The fourth-order valence-electron chi connectivity index (χ4n) is 2.57. The van der Waals surface area contributed by atoms with Gasteiger partial charge in [0.1, 0.15) is 29.5 Å². The normalized spacial score (nSPS) is 10.9. The number of nitrogens with one attached hydrogen (secondary N) is 1. The van der Waals surface area contributed by atoms with E-state index in [1.807, 2.05) is 24.3 Å². The van der Waals surface area contributed by atoms with E-state index in [9.17, 15) is 8.78 Å². The van der Waals surface area contributed by atoms with Gasteiger partial charge in [-0.1, -0.05) is 0 Å². The van der Waals surface area contributed by atoms with Crippen molar-refractivity contribution in [1.82, 2.24) is 19.7 Å². The molecule has 0 fully saturated rings. The van der Waals surface area contributed by atoms with E-state index < -0.39 is 11.6 Å². The van der Waals surface area contributed by atoms with Gasteiger partial charge in [-0.15, -0.1) is 0 Å². The Morgan fingerprint density at radius 3 is 2.58 bits per heavy atom. The number of anilines is 2. The number of ether oxygens (including phenoxy) is 1. The van der Waals surface area contributed by atoms with E-state index in [0.717, 1.165) is 17.5 Å². The van der Waals surface area contributed by atoms with Crippen LogP contribution in [0.25, 0.3) is 16.7 Å². The van der Waals surface area contributed by atoms with Crippen molar-refractivity contribution in [3.8, 4) is 11.4 Å². The smallest absolute Gasteiger partial charge is 0.168 e. The first kappa shape index (κ1) is 15.9. The predicted molar refractivity (Wildman–Crippen MR) is 92.9 cm³/mol. The van der Waals surface area contributed by atoms with Crippen LogP contribution in [0.15, 0.2) is 55.0 Å². The lowest BCUT2D eigenvalue weighted by Gasteiger charge is -2.08. The van der Waals surface area contributed by atoms with E-state index in [0.29, 0.717) is 16.9 Å². The maximum Gasteiger partial charge on any atom is 0.168 e. The molecule has 0 aliphatic rings. The molecule has 0 aliphatic heterocycles. The van der Waals surface area contributed by atoms with Gasteiger partial charge in [0.2, 0.25) is 0 Å². The molecular weight excluding hydrogens is 340 g/mol. The van der Waals surface area contributed by atoms with Crippen LogP contribution in [0.3, 0.4) is 0 Å². The van der Waals surface area contributed by atoms with Crippen LogP contribution >= 0.6 is 0 Å². The number of methoxy groups -OCH3 is 1. The van der Waals surface area contributed by atoms with Gasteiger partial charge >= 0.3 is 0 Å². The van der Waals surface area contributed by atoms with Gasteiger partial charge in [0, 0.05) is 6.07 Å². The van der Waals surface area contributed by atoms with Crippen molar-refractivity contribution in [2.24, 2.45) is 0 Å². The zero-order valence-electron chi connectivity index (χ0n) is 13.6.